The Labute approximate surface area is 135 Å². The van der Waals surface area contributed by atoms with E-state index in [9.17, 15) is 9.59 Å². The van der Waals surface area contributed by atoms with Crippen molar-refractivity contribution in [3.05, 3.63) is 35.9 Å². The zero-order valence-corrected chi connectivity index (χ0v) is 14.5. The molecule has 1 aromatic rings. The maximum atomic E-state index is 12.5. The highest BCUT2D eigenvalue weighted by Gasteiger charge is 2.46. The van der Waals surface area contributed by atoms with E-state index in [-0.39, 0.29) is 24.0 Å². The van der Waals surface area contributed by atoms with Crippen molar-refractivity contribution >= 4 is 43.8 Å². The standard InChI is InChI=1S/C14H16Br2N2O2/c1-9-12(10-6-4-3-5-7-10)18(14(20)17(9)2)13(19)11(16)8-15/h3-7,9,11-12H,8H2,1-2H3/t9-,11?,12-/m1/s1. The van der Waals surface area contributed by atoms with E-state index < -0.39 is 4.83 Å². The molecule has 0 spiro atoms. The Balaban J connectivity index is 2.40. The van der Waals surface area contributed by atoms with E-state index in [0.717, 1.165) is 5.56 Å². The van der Waals surface area contributed by atoms with Gasteiger partial charge in [0.2, 0.25) is 5.91 Å². The highest BCUT2D eigenvalue weighted by Crippen LogP contribution is 2.35. The highest BCUT2D eigenvalue weighted by molar-refractivity contribution is 9.12. The largest absolute Gasteiger partial charge is 0.327 e. The average Bonchev–Trinajstić information content (AvgIpc) is 2.70. The van der Waals surface area contributed by atoms with Gasteiger partial charge in [0, 0.05) is 12.4 Å². The van der Waals surface area contributed by atoms with Crippen molar-refractivity contribution in [3.8, 4) is 0 Å². The SMILES string of the molecule is C[C@@H]1[C@H](c2ccccc2)N(C(=O)C(Br)CBr)C(=O)N1C. The summed E-state index contributed by atoms with van der Waals surface area (Å²) < 4.78 is 0. The van der Waals surface area contributed by atoms with Crippen molar-refractivity contribution in [1.82, 2.24) is 9.80 Å². The zero-order valence-electron chi connectivity index (χ0n) is 11.3. The molecule has 4 nitrogen and oxygen atoms in total. The van der Waals surface area contributed by atoms with Crippen LogP contribution in [0, 0.1) is 0 Å². The summed E-state index contributed by atoms with van der Waals surface area (Å²) in [4.78, 5) is 27.4. The molecule has 3 amide bonds. The number of amides is 3. The number of imide groups is 1. The van der Waals surface area contributed by atoms with Gasteiger partial charge in [0.05, 0.1) is 12.1 Å². The topological polar surface area (TPSA) is 40.6 Å². The minimum Gasteiger partial charge on any atom is -0.322 e. The Morgan fingerprint density at radius 3 is 2.50 bits per heavy atom. The molecule has 0 aliphatic carbocycles. The van der Waals surface area contributed by atoms with Crippen LogP contribution in [0.25, 0.3) is 0 Å². The fraction of sp³-hybridized carbons (Fsp3) is 0.429. The number of benzene rings is 1. The molecule has 6 heteroatoms. The van der Waals surface area contributed by atoms with Gasteiger partial charge in [0.1, 0.15) is 4.83 Å². The van der Waals surface area contributed by atoms with E-state index in [1.54, 1.807) is 11.9 Å². The smallest absolute Gasteiger partial charge is 0.322 e. The van der Waals surface area contributed by atoms with E-state index in [1.165, 1.54) is 4.90 Å². The number of carbonyl (C=O) groups is 2. The first-order valence-corrected chi connectivity index (χ1v) is 8.37. The maximum absolute atomic E-state index is 12.5. The summed E-state index contributed by atoms with van der Waals surface area (Å²) in [7, 11) is 1.73. The van der Waals surface area contributed by atoms with Gasteiger partial charge in [-0.3, -0.25) is 9.69 Å². The summed E-state index contributed by atoms with van der Waals surface area (Å²) in [5.74, 6) is -0.211. The average molecular weight is 404 g/mol. The van der Waals surface area contributed by atoms with Gasteiger partial charge in [-0.2, -0.15) is 0 Å². The zero-order chi connectivity index (χ0) is 14.9. The van der Waals surface area contributed by atoms with Crippen molar-refractivity contribution in [2.75, 3.05) is 12.4 Å². The van der Waals surface area contributed by atoms with Gasteiger partial charge in [0.15, 0.2) is 0 Å². The first kappa shape index (κ1) is 15.5. The molecule has 1 unspecified atom stereocenters. The lowest BCUT2D eigenvalue weighted by atomic mass is 10.0. The molecule has 1 heterocycles. The van der Waals surface area contributed by atoms with Crippen LogP contribution in [0.3, 0.4) is 0 Å². The maximum Gasteiger partial charge on any atom is 0.327 e. The van der Waals surface area contributed by atoms with E-state index in [2.05, 4.69) is 31.9 Å². The van der Waals surface area contributed by atoms with Crippen LogP contribution in [0.2, 0.25) is 0 Å². The fourth-order valence-corrected chi connectivity index (χ4v) is 2.91. The van der Waals surface area contributed by atoms with Crippen molar-refractivity contribution in [1.29, 1.82) is 0 Å². The van der Waals surface area contributed by atoms with Crippen LogP contribution in [0.15, 0.2) is 30.3 Å². The third-order valence-corrected chi connectivity index (χ3v) is 5.87. The minimum atomic E-state index is -0.406. The van der Waals surface area contributed by atoms with Crippen molar-refractivity contribution in [3.63, 3.8) is 0 Å². The van der Waals surface area contributed by atoms with Crippen molar-refractivity contribution in [2.45, 2.75) is 23.8 Å². The van der Waals surface area contributed by atoms with Crippen LogP contribution in [-0.2, 0) is 4.79 Å². The van der Waals surface area contributed by atoms with Gasteiger partial charge >= 0.3 is 6.03 Å². The number of likely N-dealkylation sites (N-methyl/N-ethyl adjacent to an activating group) is 1. The first-order chi connectivity index (χ1) is 9.49. The van der Waals surface area contributed by atoms with Crippen LogP contribution < -0.4 is 0 Å². The third-order valence-electron chi connectivity index (χ3n) is 3.64. The lowest BCUT2D eigenvalue weighted by molar-refractivity contribution is -0.128. The Hall–Kier alpha value is -0.880. The van der Waals surface area contributed by atoms with Crippen LogP contribution in [0.5, 0.6) is 0 Å². The van der Waals surface area contributed by atoms with Crippen LogP contribution >= 0.6 is 31.9 Å². The minimum absolute atomic E-state index is 0.0520. The molecule has 1 aromatic carbocycles. The van der Waals surface area contributed by atoms with E-state index in [4.69, 9.17) is 0 Å². The fourth-order valence-electron chi connectivity index (χ4n) is 2.42. The Morgan fingerprint density at radius 2 is 1.95 bits per heavy atom. The van der Waals surface area contributed by atoms with Gasteiger partial charge in [-0.15, -0.1) is 0 Å². The molecular weight excluding hydrogens is 388 g/mol. The molecule has 108 valence electrons. The van der Waals surface area contributed by atoms with Crippen LogP contribution in [-0.4, -0.2) is 45.0 Å². The molecule has 20 heavy (non-hydrogen) atoms. The number of urea groups is 1. The van der Waals surface area contributed by atoms with Gasteiger partial charge in [0.25, 0.3) is 0 Å². The number of rotatable bonds is 3. The van der Waals surface area contributed by atoms with Crippen LogP contribution in [0.4, 0.5) is 4.79 Å². The van der Waals surface area contributed by atoms with Crippen molar-refractivity contribution < 1.29 is 9.59 Å². The highest BCUT2D eigenvalue weighted by atomic mass is 79.9. The quantitative estimate of drug-likeness (QED) is 0.727. The van der Waals surface area contributed by atoms with E-state index >= 15 is 0 Å². The predicted octanol–water partition coefficient (Wildman–Crippen LogP) is 3.17. The number of alkyl halides is 2. The summed E-state index contributed by atoms with van der Waals surface area (Å²) in [6.45, 7) is 1.96. The summed E-state index contributed by atoms with van der Waals surface area (Å²) in [6.07, 6.45) is 0. The second kappa shape index (κ2) is 6.26. The molecule has 3 atom stereocenters. The number of carbonyl (C=O) groups excluding carboxylic acids is 2. The Kier molecular flexibility index (Phi) is 4.86. The summed E-state index contributed by atoms with van der Waals surface area (Å²) in [5, 5.41) is 0.467. The number of nitrogens with zero attached hydrogens (tertiary/aromatic N) is 2. The predicted molar refractivity (Wildman–Crippen MR) is 85.2 cm³/mol. The molecule has 0 N–H and O–H groups in total. The van der Waals surface area contributed by atoms with Crippen molar-refractivity contribution in [2.24, 2.45) is 0 Å². The third kappa shape index (κ3) is 2.63. The molecule has 1 saturated heterocycles. The molecule has 0 saturated carbocycles. The van der Waals surface area contributed by atoms with Gasteiger partial charge in [-0.1, -0.05) is 62.2 Å². The summed E-state index contributed by atoms with van der Waals surface area (Å²) >= 11 is 6.58. The van der Waals surface area contributed by atoms with Crippen LogP contribution in [0.1, 0.15) is 18.5 Å². The number of hydrogen-bond acceptors (Lipinski definition) is 2. The Bertz CT molecular complexity index is 509. The Morgan fingerprint density at radius 1 is 1.35 bits per heavy atom. The van der Waals surface area contributed by atoms with E-state index in [0.29, 0.717) is 5.33 Å². The molecule has 1 fully saturated rings. The van der Waals surface area contributed by atoms with E-state index in [1.807, 2.05) is 37.3 Å². The lowest BCUT2D eigenvalue weighted by Gasteiger charge is -2.25. The van der Waals surface area contributed by atoms with Gasteiger partial charge < -0.3 is 4.90 Å². The molecule has 0 bridgehead atoms. The first-order valence-electron chi connectivity index (χ1n) is 6.34. The second-order valence-corrected chi connectivity index (χ2v) is 6.57. The molecule has 0 radical (unpaired) electrons. The van der Waals surface area contributed by atoms with Gasteiger partial charge in [-0.05, 0) is 12.5 Å². The number of halogens is 2. The van der Waals surface area contributed by atoms with Gasteiger partial charge in [-0.25, -0.2) is 4.79 Å². The molecule has 1 aliphatic heterocycles. The summed E-state index contributed by atoms with van der Waals surface area (Å²) in [6, 6.07) is 9.11. The lowest BCUT2D eigenvalue weighted by Crippen LogP contribution is -2.41. The normalized spacial score (nSPS) is 24.1. The monoisotopic (exact) mass is 402 g/mol. The molecule has 2 rings (SSSR count). The summed E-state index contributed by atoms with van der Waals surface area (Å²) in [5.41, 5.74) is 0.973. The molecule has 1 aliphatic rings. The number of hydrogen-bond donors (Lipinski definition) is 0. The second-order valence-electron chi connectivity index (χ2n) is 4.82. The molecular formula is C14H16Br2N2O2. The molecule has 0 aromatic heterocycles.